The average Bonchev–Trinajstić information content (AvgIpc) is 2.74. The lowest BCUT2D eigenvalue weighted by Crippen LogP contribution is -2.19. The summed E-state index contributed by atoms with van der Waals surface area (Å²) >= 11 is 0. The molecule has 4 heteroatoms. The number of rotatable bonds is 4. The molecule has 0 aliphatic carbocycles. The number of carbonyl (C=O) groups is 1. The monoisotopic (exact) mass is 266 g/mol. The molecule has 1 aromatic rings. The summed E-state index contributed by atoms with van der Waals surface area (Å²) in [7, 11) is -2.41. The third-order valence-electron chi connectivity index (χ3n) is 3.52. The molecule has 1 aromatic carbocycles. The van der Waals surface area contributed by atoms with E-state index in [-0.39, 0.29) is 11.6 Å². The Kier molecular flexibility index (Phi) is 4.23. The van der Waals surface area contributed by atoms with Crippen LogP contribution in [0.2, 0.25) is 0 Å². The summed E-state index contributed by atoms with van der Waals surface area (Å²) in [5.74, 6) is -0.222. The second kappa shape index (κ2) is 5.71. The van der Waals surface area contributed by atoms with Gasteiger partial charge in [0.05, 0.1) is 13.0 Å². The first-order valence-electron chi connectivity index (χ1n) is 6.47. The molecule has 0 amide bonds. The fraction of sp³-hybridized carbons (Fsp3) is 0.500. The molecule has 0 unspecified atom stereocenters. The van der Waals surface area contributed by atoms with Gasteiger partial charge in [-0.3, -0.25) is 4.79 Å². The average molecular weight is 266 g/mol. The molecule has 0 aromatic heterocycles. The van der Waals surface area contributed by atoms with Crippen LogP contribution in [0.5, 0.6) is 0 Å². The van der Waals surface area contributed by atoms with Crippen LogP contribution < -0.4 is 5.30 Å². The summed E-state index contributed by atoms with van der Waals surface area (Å²) in [6, 6.07) is 9.59. The first kappa shape index (κ1) is 13.4. The van der Waals surface area contributed by atoms with Crippen molar-refractivity contribution in [3.63, 3.8) is 0 Å². The van der Waals surface area contributed by atoms with Gasteiger partial charge in [-0.05, 0) is 19.8 Å². The second-order valence-corrected chi connectivity index (χ2v) is 7.95. The second-order valence-electron chi connectivity index (χ2n) is 4.66. The molecule has 18 heavy (non-hydrogen) atoms. The molecule has 0 bridgehead atoms. The van der Waals surface area contributed by atoms with Crippen LogP contribution in [0.15, 0.2) is 30.3 Å². The highest BCUT2D eigenvalue weighted by Crippen LogP contribution is 2.58. The lowest BCUT2D eigenvalue weighted by atomic mass is 10.2. The Hall–Kier alpha value is -1.08. The van der Waals surface area contributed by atoms with Crippen molar-refractivity contribution in [1.29, 1.82) is 0 Å². The minimum absolute atomic E-state index is 0.0288. The van der Waals surface area contributed by atoms with Crippen molar-refractivity contribution in [3.05, 3.63) is 30.3 Å². The van der Waals surface area contributed by atoms with Gasteiger partial charge in [-0.1, -0.05) is 30.3 Å². The van der Waals surface area contributed by atoms with Gasteiger partial charge in [0.15, 0.2) is 0 Å². The standard InChI is InChI=1S/C14H19O3P/c1-2-17-14(15)11-13-9-6-10-18(13,16)12-7-4-3-5-8-12/h3-5,7-8,13H,2,6,9-11H2,1H3/t13-,18+/m1/s1. The molecule has 1 saturated heterocycles. The molecule has 1 aliphatic heterocycles. The van der Waals surface area contributed by atoms with Crippen LogP contribution >= 0.6 is 7.14 Å². The van der Waals surface area contributed by atoms with Gasteiger partial charge >= 0.3 is 5.97 Å². The van der Waals surface area contributed by atoms with Crippen LogP contribution in [0, 0.1) is 0 Å². The van der Waals surface area contributed by atoms with Crippen LogP contribution in [-0.2, 0) is 14.1 Å². The van der Waals surface area contributed by atoms with E-state index in [1.54, 1.807) is 6.92 Å². The van der Waals surface area contributed by atoms with E-state index in [1.807, 2.05) is 30.3 Å². The summed E-state index contributed by atoms with van der Waals surface area (Å²) in [6.45, 7) is 2.19. The van der Waals surface area contributed by atoms with E-state index >= 15 is 0 Å². The molecule has 1 aliphatic rings. The summed E-state index contributed by atoms with van der Waals surface area (Å²) < 4.78 is 18.1. The van der Waals surface area contributed by atoms with Crippen molar-refractivity contribution in [1.82, 2.24) is 0 Å². The zero-order valence-electron chi connectivity index (χ0n) is 10.7. The van der Waals surface area contributed by atoms with Crippen molar-refractivity contribution in [3.8, 4) is 0 Å². The molecule has 2 rings (SSSR count). The van der Waals surface area contributed by atoms with Crippen molar-refractivity contribution in [2.24, 2.45) is 0 Å². The summed E-state index contributed by atoms with van der Waals surface area (Å²) in [6.07, 6.45) is 2.82. The first-order chi connectivity index (χ1) is 8.66. The van der Waals surface area contributed by atoms with Gasteiger partial charge < -0.3 is 9.30 Å². The molecule has 0 radical (unpaired) electrons. The molecule has 0 saturated carbocycles. The predicted molar refractivity (Wildman–Crippen MR) is 72.8 cm³/mol. The van der Waals surface area contributed by atoms with Crippen LogP contribution in [0.4, 0.5) is 0 Å². The van der Waals surface area contributed by atoms with Gasteiger partial charge in [0.2, 0.25) is 0 Å². The predicted octanol–water partition coefficient (Wildman–Crippen LogP) is 2.79. The van der Waals surface area contributed by atoms with Crippen LogP contribution in [0.25, 0.3) is 0 Å². The fourth-order valence-corrected chi connectivity index (χ4v) is 6.05. The summed E-state index contributed by atoms with van der Waals surface area (Å²) in [5, 5.41) is 0.914. The molecule has 98 valence electrons. The number of carbonyl (C=O) groups excluding carboxylic acids is 1. The van der Waals surface area contributed by atoms with Crippen LogP contribution in [0.3, 0.4) is 0 Å². The molecule has 1 heterocycles. The maximum atomic E-state index is 13.1. The Balaban J connectivity index is 2.16. The lowest BCUT2D eigenvalue weighted by molar-refractivity contribution is -0.143. The molecular formula is C14H19O3P. The molecule has 3 nitrogen and oxygen atoms in total. The Morgan fingerprint density at radius 1 is 1.39 bits per heavy atom. The third kappa shape index (κ3) is 2.67. The number of esters is 1. The van der Waals surface area contributed by atoms with E-state index in [1.165, 1.54) is 0 Å². The zero-order valence-corrected chi connectivity index (χ0v) is 11.6. The first-order valence-corrected chi connectivity index (χ1v) is 8.43. The van der Waals surface area contributed by atoms with Gasteiger partial charge in [-0.25, -0.2) is 0 Å². The summed E-state index contributed by atoms with van der Waals surface area (Å²) in [4.78, 5) is 11.6. The van der Waals surface area contributed by atoms with Gasteiger partial charge in [-0.15, -0.1) is 0 Å². The Morgan fingerprint density at radius 2 is 2.11 bits per heavy atom. The normalized spacial score (nSPS) is 27.1. The molecule has 0 spiro atoms. The summed E-state index contributed by atoms with van der Waals surface area (Å²) in [5.41, 5.74) is -0.0288. The van der Waals surface area contributed by atoms with Crippen molar-refractivity contribution in [2.75, 3.05) is 12.8 Å². The van der Waals surface area contributed by atoms with Gasteiger partial charge in [0, 0.05) is 17.1 Å². The maximum Gasteiger partial charge on any atom is 0.306 e. The van der Waals surface area contributed by atoms with Gasteiger partial charge in [-0.2, -0.15) is 0 Å². The van der Waals surface area contributed by atoms with Crippen molar-refractivity contribution >= 4 is 18.4 Å². The highest BCUT2D eigenvalue weighted by atomic mass is 31.2. The Bertz CT molecular complexity index is 455. The van der Waals surface area contributed by atoms with Crippen molar-refractivity contribution in [2.45, 2.75) is 31.8 Å². The van der Waals surface area contributed by atoms with Crippen LogP contribution in [0.1, 0.15) is 26.2 Å². The maximum absolute atomic E-state index is 13.1. The number of ether oxygens (including phenoxy) is 1. The largest absolute Gasteiger partial charge is 0.466 e. The lowest BCUT2D eigenvalue weighted by Gasteiger charge is -2.20. The molecular weight excluding hydrogens is 247 g/mol. The number of hydrogen-bond acceptors (Lipinski definition) is 3. The minimum atomic E-state index is -2.41. The third-order valence-corrected chi connectivity index (χ3v) is 7.29. The van der Waals surface area contributed by atoms with Gasteiger partial charge in [0.25, 0.3) is 0 Å². The smallest absolute Gasteiger partial charge is 0.306 e. The van der Waals surface area contributed by atoms with E-state index in [0.717, 1.165) is 24.3 Å². The fourth-order valence-electron chi connectivity index (χ4n) is 2.63. The molecule has 0 N–H and O–H groups in total. The highest BCUT2D eigenvalue weighted by molar-refractivity contribution is 7.72. The van der Waals surface area contributed by atoms with Crippen molar-refractivity contribution < 1.29 is 14.1 Å². The Labute approximate surface area is 108 Å². The highest BCUT2D eigenvalue weighted by Gasteiger charge is 2.40. The quantitative estimate of drug-likeness (QED) is 0.621. The van der Waals surface area contributed by atoms with Gasteiger partial charge in [0.1, 0.15) is 7.14 Å². The number of benzene rings is 1. The zero-order chi connectivity index (χ0) is 13.0. The van der Waals surface area contributed by atoms with E-state index in [2.05, 4.69) is 0 Å². The SMILES string of the molecule is CCOC(=O)C[C@H]1CCC[P@]1(=O)c1ccccc1. The van der Waals surface area contributed by atoms with E-state index in [9.17, 15) is 9.36 Å². The topological polar surface area (TPSA) is 43.4 Å². The number of hydrogen-bond donors (Lipinski definition) is 0. The minimum Gasteiger partial charge on any atom is -0.466 e. The van der Waals surface area contributed by atoms with E-state index < -0.39 is 7.14 Å². The Morgan fingerprint density at radius 3 is 2.78 bits per heavy atom. The molecule has 2 atom stereocenters. The molecule has 1 fully saturated rings. The van der Waals surface area contributed by atoms with Crippen LogP contribution in [-0.4, -0.2) is 24.4 Å². The van der Waals surface area contributed by atoms with E-state index in [0.29, 0.717) is 13.0 Å². The van der Waals surface area contributed by atoms with E-state index in [4.69, 9.17) is 4.74 Å².